The quantitative estimate of drug-likeness (QED) is 0.217. The third-order valence-corrected chi connectivity index (χ3v) is 11.1. The predicted molar refractivity (Wildman–Crippen MR) is 196 cm³/mol. The molecule has 2 aliphatic carbocycles. The smallest absolute Gasteiger partial charge is 0.0469 e. The average Bonchev–Trinajstić information content (AvgIpc) is 3.41. The molecule has 0 fully saturated rings. The van der Waals surface area contributed by atoms with Crippen LogP contribution < -0.4 is 4.90 Å². The second kappa shape index (κ2) is 11.2. The van der Waals surface area contributed by atoms with Gasteiger partial charge in [0, 0.05) is 33.8 Å². The van der Waals surface area contributed by atoms with E-state index in [0.29, 0.717) is 0 Å². The molecule has 3 aliphatic rings. The first-order valence-electron chi connectivity index (χ1n) is 16.7. The summed E-state index contributed by atoms with van der Waals surface area (Å²) in [6.07, 6.45) is 13.5. The first kappa shape index (κ1) is 29.9. The summed E-state index contributed by atoms with van der Waals surface area (Å²) in [6.45, 7) is 15.0. The van der Waals surface area contributed by atoms with E-state index in [-0.39, 0.29) is 10.8 Å². The van der Waals surface area contributed by atoms with Gasteiger partial charge < -0.3 is 4.90 Å². The fourth-order valence-corrected chi connectivity index (χ4v) is 8.81. The van der Waals surface area contributed by atoms with Gasteiger partial charge in [0.25, 0.3) is 0 Å². The number of rotatable bonds is 5. The second-order valence-corrected chi connectivity index (χ2v) is 14.3. The number of anilines is 1. The maximum atomic E-state index is 7.24. The lowest BCUT2D eigenvalue weighted by Gasteiger charge is -2.26. The molecule has 0 saturated carbocycles. The number of allylic oxidation sites excluding steroid dienone is 10. The van der Waals surface area contributed by atoms with Gasteiger partial charge in [-0.25, -0.2) is 0 Å². The summed E-state index contributed by atoms with van der Waals surface area (Å²) in [5.41, 5.74) is 12.2. The zero-order valence-electron chi connectivity index (χ0n) is 27.6. The van der Waals surface area contributed by atoms with Gasteiger partial charge in [-0.2, -0.15) is 0 Å². The van der Waals surface area contributed by atoms with Crippen molar-refractivity contribution in [1.82, 2.24) is 0 Å². The van der Waals surface area contributed by atoms with Gasteiger partial charge in [-0.05, 0) is 105 Å². The number of likely N-dealkylation sites (N-methyl/N-ethyl adjacent to an activating group) is 1. The largest absolute Gasteiger partial charge is 0.344 e. The van der Waals surface area contributed by atoms with Crippen LogP contribution in [0.25, 0.3) is 27.1 Å². The Morgan fingerprint density at radius 3 is 2.09 bits per heavy atom. The molecule has 0 atom stereocenters. The Kier molecular flexibility index (Phi) is 7.45. The summed E-state index contributed by atoms with van der Waals surface area (Å²) in [5, 5.41) is 6.26. The van der Waals surface area contributed by atoms with Crippen molar-refractivity contribution >= 4 is 44.4 Å². The Bertz CT molecular complexity index is 2010. The third-order valence-electron chi connectivity index (χ3n) is 10.7. The van der Waals surface area contributed by atoms with E-state index in [1.54, 1.807) is 0 Å². The molecule has 0 N–H and O–H groups in total. The molecule has 4 aromatic rings. The second-order valence-electron chi connectivity index (χ2n) is 13.9. The molecule has 7 rings (SSSR count). The number of hydrogen-bond acceptors (Lipinski definition) is 1. The van der Waals surface area contributed by atoms with Crippen molar-refractivity contribution in [3.05, 3.63) is 141 Å². The van der Waals surface area contributed by atoms with E-state index in [1.807, 2.05) is 0 Å². The zero-order chi connectivity index (χ0) is 31.5. The van der Waals surface area contributed by atoms with E-state index >= 15 is 0 Å². The Morgan fingerprint density at radius 1 is 0.733 bits per heavy atom. The molecule has 1 heterocycles. The summed E-state index contributed by atoms with van der Waals surface area (Å²) >= 11 is 7.24. The molecule has 45 heavy (non-hydrogen) atoms. The number of nitrogens with zero attached hydrogens (tertiary/aromatic N) is 1. The van der Waals surface area contributed by atoms with Crippen LogP contribution in [-0.2, 0) is 10.8 Å². The normalized spacial score (nSPS) is 20.8. The van der Waals surface area contributed by atoms with Crippen LogP contribution in [0.15, 0.2) is 125 Å². The van der Waals surface area contributed by atoms with E-state index in [4.69, 9.17) is 11.6 Å². The van der Waals surface area contributed by atoms with Gasteiger partial charge in [-0.15, -0.1) is 0 Å². The van der Waals surface area contributed by atoms with Gasteiger partial charge in [-0.3, -0.25) is 0 Å². The molecule has 0 amide bonds. The molecule has 0 aromatic heterocycles. The predicted octanol–water partition coefficient (Wildman–Crippen LogP) is 12.3. The summed E-state index contributed by atoms with van der Waals surface area (Å²) in [7, 11) is 0. The number of hydrogen-bond donors (Lipinski definition) is 0. The molecule has 0 radical (unpaired) electrons. The molecule has 1 aliphatic heterocycles. The van der Waals surface area contributed by atoms with Crippen molar-refractivity contribution in [2.24, 2.45) is 0 Å². The van der Waals surface area contributed by atoms with Crippen LogP contribution in [0.5, 0.6) is 0 Å². The lowest BCUT2D eigenvalue weighted by atomic mass is 9.78. The van der Waals surface area contributed by atoms with E-state index in [2.05, 4.69) is 144 Å². The van der Waals surface area contributed by atoms with Gasteiger partial charge in [0.15, 0.2) is 0 Å². The zero-order valence-corrected chi connectivity index (χ0v) is 28.4. The Labute approximate surface area is 274 Å². The van der Waals surface area contributed by atoms with Crippen molar-refractivity contribution in [2.45, 2.75) is 78.1 Å². The highest BCUT2D eigenvalue weighted by atomic mass is 35.5. The molecule has 1 nitrogen and oxygen atoms in total. The number of halogens is 1. The van der Waals surface area contributed by atoms with E-state index in [1.165, 1.54) is 71.9 Å². The Morgan fingerprint density at radius 2 is 1.40 bits per heavy atom. The SMILES string of the molecule is CCC1=C(/C=C/C2=C(Cl)C(=C/C=C3/N(CC)c4ccc5ccccc5c4C3(C)C)CCC2)C(C)(C)c2c1ccc1ccccc21. The van der Waals surface area contributed by atoms with Gasteiger partial charge >= 0.3 is 0 Å². The van der Waals surface area contributed by atoms with Crippen LogP contribution >= 0.6 is 11.6 Å². The fraction of sp³-hybridized carbons (Fsp3) is 0.302. The highest BCUT2D eigenvalue weighted by Crippen LogP contribution is 2.52. The monoisotopic (exact) mass is 609 g/mol. The summed E-state index contributed by atoms with van der Waals surface area (Å²) in [4.78, 5) is 2.49. The lowest BCUT2D eigenvalue weighted by molar-refractivity contribution is 0.638. The lowest BCUT2D eigenvalue weighted by Crippen LogP contribution is -2.25. The maximum Gasteiger partial charge on any atom is 0.0469 e. The van der Waals surface area contributed by atoms with Crippen LogP contribution in [0.2, 0.25) is 0 Å². The van der Waals surface area contributed by atoms with Gasteiger partial charge in [0.05, 0.1) is 0 Å². The number of benzene rings is 4. The molecule has 0 spiro atoms. The summed E-state index contributed by atoms with van der Waals surface area (Å²) in [5.74, 6) is 0. The summed E-state index contributed by atoms with van der Waals surface area (Å²) < 4.78 is 0. The van der Waals surface area contributed by atoms with Crippen molar-refractivity contribution in [3.63, 3.8) is 0 Å². The topological polar surface area (TPSA) is 3.24 Å². The van der Waals surface area contributed by atoms with Gasteiger partial charge in [0.1, 0.15) is 0 Å². The minimum Gasteiger partial charge on any atom is -0.344 e. The van der Waals surface area contributed by atoms with E-state index in [0.717, 1.165) is 37.3 Å². The van der Waals surface area contributed by atoms with Crippen LogP contribution in [0.1, 0.15) is 83.9 Å². The first-order chi connectivity index (χ1) is 21.7. The highest BCUT2D eigenvalue weighted by Gasteiger charge is 2.41. The third kappa shape index (κ3) is 4.66. The first-order valence-corrected chi connectivity index (χ1v) is 17.1. The molecule has 0 unspecified atom stereocenters. The van der Waals surface area contributed by atoms with Crippen LogP contribution in [-0.4, -0.2) is 6.54 Å². The maximum absolute atomic E-state index is 7.24. The minimum absolute atomic E-state index is 0.0698. The number of fused-ring (bicyclic) bond motifs is 6. The summed E-state index contributed by atoms with van der Waals surface area (Å²) in [6, 6.07) is 26.8. The van der Waals surface area contributed by atoms with Gasteiger partial charge in [0.2, 0.25) is 0 Å². The molecule has 0 saturated heterocycles. The van der Waals surface area contributed by atoms with Crippen molar-refractivity contribution in [2.75, 3.05) is 11.4 Å². The highest BCUT2D eigenvalue weighted by molar-refractivity contribution is 6.32. The van der Waals surface area contributed by atoms with Crippen molar-refractivity contribution in [1.29, 1.82) is 0 Å². The average molecular weight is 610 g/mol. The Hall–Kier alpha value is -3.81. The van der Waals surface area contributed by atoms with E-state index in [9.17, 15) is 0 Å². The molecular formula is C43H44ClN. The van der Waals surface area contributed by atoms with Crippen LogP contribution in [0.3, 0.4) is 0 Å². The molecule has 2 heteroatoms. The Balaban J connectivity index is 1.25. The molecule has 228 valence electrons. The fourth-order valence-electron chi connectivity index (χ4n) is 8.49. The van der Waals surface area contributed by atoms with Crippen LogP contribution in [0.4, 0.5) is 5.69 Å². The van der Waals surface area contributed by atoms with E-state index < -0.39 is 0 Å². The van der Waals surface area contributed by atoms with Crippen molar-refractivity contribution < 1.29 is 0 Å². The molecular weight excluding hydrogens is 566 g/mol. The van der Waals surface area contributed by atoms with Crippen LogP contribution in [0, 0.1) is 0 Å². The minimum atomic E-state index is -0.104. The molecule has 0 bridgehead atoms. The van der Waals surface area contributed by atoms with Crippen molar-refractivity contribution in [3.8, 4) is 0 Å². The standard InChI is InChI=1S/C43H44ClN/c1-7-32-35-24-20-28-14-9-11-18-33(28)39(35)42(3,4)36(32)25-21-30-16-13-17-31(41(30)44)23-27-38-43(5,6)40-34-19-12-10-15-29(34)22-26-37(40)45(38)8-2/h9-12,14-15,18-27H,7-8,13,16-17H2,1-6H3/b25-21+,31-23?,38-27+. The van der Waals surface area contributed by atoms with Gasteiger partial charge in [-0.1, -0.05) is 131 Å². The molecule has 4 aromatic carbocycles.